The van der Waals surface area contributed by atoms with Gasteiger partial charge in [-0.1, -0.05) is 87.9 Å². The molecule has 0 fully saturated rings. The molecular formula is C31H34O3. The van der Waals surface area contributed by atoms with E-state index in [1.165, 1.54) is 27.8 Å². The number of hydrogen-bond donors (Lipinski definition) is 2. The van der Waals surface area contributed by atoms with Crippen molar-refractivity contribution in [2.45, 2.75) is 64.4 Å². The van der Waals surface area contributed by atoms with Crippen LogP contribution in [0.2, 0.25) is 0 Å². The fourth-order valence-electron chi connectivity index (χ4n) is 4.99. The summed E-state index contributed by atoms with van der Waals surface area (Å²) in [6, 6.07) is 19.6. The van der Waals surface area contributed by atoms with E-state index in [2.05, 4.69) is 71.0 Å². The molecule has 3 heteroatoms. The van der Waals surface area contributed by atoms with E-state index >= 15 is 0 Å². The summed E-state index contributed by atoms with van der Waals surface area (Å²) in [7, 11) is 0. The zero-order valence-electron chi connectivity index (χ0n) is 20.7. The summed E-state index contributed by atoms with van der Waals surface area (Å²) < 4.78 is 0. The number of carboxylic acid groups (broad SMARTS) is 1. The van der Waals surface area contributed by atoms with Gasteiger partial charge in [0.25, 0.3) is 0 Å². The van der Waals surface area contributed by atoms with Crippen LogP contribution in [0.4, 0.5) is 0 Å². The van der Waals surface area contributed by atoms with Crippen molar-refractivity contribution in [3.63, 3.8) is 0 Å². The number of aliphatic hydroxyl groups is 1. The van der Waals surface area contributed by atoms with E-state index in [-0.39, 0.29) is 16.4 Å². The minimum absolute atomic E-state index is 0.0242. The first-order valence-corrected chi connectivity index (χ1v) is 11.9. The number of carboxylic acids is 1. The number of fused-ring (bicyclic) bond motifs is 1. The van der Waals surface area contributed by atoms with Gasteiger partial charge in [-0.2, -0.15) is 0 Å². The second kappa shape index (κ2) is 8.88. The van der Waals surface area contributed by atoms with Gasteiger partial charge in [0.15, 0.2) is 0 Å². The summed E-state index contributed by atoms with van der Waals surface area (Å²) in [4.78, 5) is 11.1. The highest BCUT2D eigenvalue weighted by Gasteiger charge is 2.39. The van der Waals surface area contributed by atoms with Crippen molar-refractivity contribution in [2.75, 3.05) is 0 Å². The Morgan fingerprint density at radius 1 is 0.912 bits per heavy atom. The summed E-state index contributed by atoms with van der Waals surface area (Å²) in [5.74, 6) is -0.946. The van der Waals surface area contributed by atoms with Crippen LogP contribution < -0.4 is 0 Å². The maximum absolute atomic E-state index is 11.2. The molecule has 3 aromatic rings. The van der Waals surface area contributed by atoms with E-state index in [1.807, 2.05) is 6.08 Å². The first-order valence-electron chi connectivity index (χ1n) is 11.9. The molecule has 0 radical (unpaired) electrons. The Hall–Kier alpha value is -3.17. The van der Waals surface area contributed by atoms with Gasteiger partial charge in [0.2, 0.25) is 0 Å². The second-order valence-electron chi connectivity index (χ2n) is 10.9. The van der Waals surface area contributed by atoms with Gasteiger partial charge in [0.1, 0.15) is 0 Å². The lowest BCUT2D eigenvalue weighted by atomic mass is 9.61. The van der Waals surface area contributed by atoms with Crippen LogP contribution in [0.25, 0.3) is 17.2 Å². The molecule has 1 atom stereocenters. The van der Waals surface area contributed by atoms with E-state index in [0.29, 0.717) is 0 Å². The van der Waals surface area contributed by atoms with Crippen LogP contribution in [0.3, 0.4) is 0 Å². The maximum Gasteiger partial charge on any atom is 0.335 e. The highest BCUT2D eigenvalue weighted by molar-refractivity contribution is 5.87. The van der Waals surface area contributed by atoms with Gasteiger partial charge < -0.3 is 10.2 Å². The predicted molar refractivity (Wildman–Crippen MR) is 139 cm³/mol. The number of aromatic carboxylic acids is 1. The summed E-state index contributed by atoms with van der Waals surface area (Å²) in [5.41, 5.74) is 8.35. The Kier molecular flexibility index (Phi) is 6.26. The highest BCUT2D eigenvalue weighted by atomic mass is 16.4. The normalized spacial score (nSPS) is 17.4. The van der Waals surface area contributed by atoms with Crippen LogP contribution in [0, 0.1) is 6.92 Å². The predicted octanol–water partition coefficient (Wildman–Crippen LogP) is 7.46. The van der Waals surface area contributed by atoms with Crippen LogP contribution in [0.15, 0.2) is 66.7 Å². The lowest BCUT2D eigenvalue weighted by Crippen LogP contribution is -2.34. The Morgan fingerprint density at radius 3 is 2.15 bits per heavy atom. The zero-order chi connectivity index (χ0) is 24.7. The number of hydrogen-bond acceptors (Lipinski definition) is 2. The van der Waals surface area contributed by atoms with Gasteiger partial charge in [-0.3, -0.25) is 0 Å². The third-order valence-corrected chi connectivity index (χ3v) is 7.27. The number of carbonyl (C=O) groups is 1. The summed E-state index contributed by atoms with van der Waals surface area (Å²) >= 11 is 0. The molecule has 1 aliphatic rings. The van der Waals surface area contributed by atoms with Crippen molar-refractivity contribution in [3.05, 3.63) is 100 Å². The van der Waals surface area contributed by atoms with E-state index in [9.17, 15) is 9.90 Å². The van der Waals surface area contributed by atoms with Crippen molar-refractivity contribution >= 4 is 12.0 Å². The van der Waals surface area contributed by atoms with E-state index in [0.717, 1.165) is 24.0 Å². The van der Waals surface area contributed by atoms with Crippen molar-refractivity contribution in [3.8, 4) is 11.1 Å². The number of aliphatic hydroxyl groups excluding tert-OH is 1. The summed E-state index contributed by atoms with van der Waals surface area (Å²) in [6.45, 7) is 11.4. The molecule has 2 N–H and O–H groups in total. The van der Waals surface area contributed by atoms with Crippen LogP contribution in [-0.2, 0) is 10.8 Å². The van der Waals surface area contributed by atoms with Crippen LogP contribution >= 0.6 is 0 Å². The average molecular weight is 455 g/mol. The molecule has 0 heterocycles. The summed E-state index contributed by atoms with van der Waals surface area (Å²) in [5, 5.41) is 20.3. The molecule has 176 valence electrons. The first kappa shape index (κ1) is 24.0. The molecule has 1 aliphatic carbocycles. The van der Waals surface area contributed by atoms with Gasteiger partial charge in [0.05, 0.1) is 11.7 Å². The van der Waals surface area contributed by atoms with Crippen LogP contribution in [0.1, 0.15) is 84.8 Å². The largest absolute Gasteiger partial charge is 0.478 e. The molecule has 3 nitrogen and oxygen atoms in total. The molecule has 0 aromatic heterocycles. The third-order valence-electron chi connectivity index (χ3n) is 7.27. The smallest absolute Gasteiger partial charge is 0.335 e. The second-order valence-corrected chi connectivity index (χ2v) is 10.9. The molecular weight excluding hydrogens is 420 g/mol. The van der Waals surface area contributed by atoms with Gasteiger partial charge in [-0.05, 0) is 82.2 Å². The number of aryl methyl sites for hydroxylation is 1. The van der Waals surface area contributed by atoms with E-state index in [1.54, 1.807) is 30.3 Å². The van der Waals surface area contributed by atoms with Crippen molar-refractivity contribution in [1.82, 2.24) is 0 Å². The van der Waals surface area contributed by atoms with Crippen molar-refractivity contribution < 1.29 is 15.0 Å². The van der Waals surface area contributed by atoms with Crippen LogP contribution in [-0.4, -0.2) is 16.2 Å². The third kappa shape index (κ3) is 4.71. The standard InChI is InChI=1S/C31H34O3/c1-20-6-11-22(12-7-20)25-18-24(19-26-28(25)31(4,5)17-16-30(26,2)3)27(32)15-10-21-8-13-23(14-9-21)29(33)34/h6-15,18-19,27,32H,16-17H2,1-5H3,(H,33,34). The minimum atomic E-state index is -0.946. The molecule has 0 bridgehead atoms. The fourth-order valence-corrected chi connectivity index (χ4v) is 4.99. The average Bonchev–Trinajstić information content (AvgIpc) is 2.80. The van der Waals surface area contributed by atoms with Gasteiger partial charge >= 0.3 is 5.97 Å². The maximum atomic E-state index is 11.2. The molecule has 0 amide bonds. The van der Waals surface area contributed by atoms with Gasteiger partial charge in [-0.25, -0.2) is 4.79 Å². The van der Waals surface area contributed by atoms with Crippen LogP contribution in [0.5, 0.6) is 0 Å². The highest BCUT2D eigenvalue weighted by Crippen LogP contribution is 2.50. The molecule has 4 rings (SSSR count). The van der Waals surface area contributed by atoms with E-state index < -0.39 is 12.1 Å². The monoisotopic (exact) mass is 454 g/mol. The molecule has 1 unspecified atom stereocenters. The SMILES string of the molecule is Cc1ccc(-c2cc(C(O)C=Cc3ccc(C(=O)O)cc3)cc3c2C(C)(C)CCC3(C)C)cc1. The summed E-state index contributed by atoms with van der Waals surface area (Å²) in [6.07, 6.45) is 5.08. The minimum Gasteiger partial charge on any atom is -0.478 e. The molecule has 0 spiro atoms. The number of rotatable bonds is 5. The fraction of sp³-hybridized carbons (Fsp3) is 0.323. The lowest BCUT2D eigenvalue weighted by molar-refractivity contribution is 0.0697. The first-order chi connectivity index (χ1) is 16.0. The van der Waals surface area contributed by atoms with Gasteiger partial charge in [-0.15, -0.1) is 0 Å². The molecule has 34 heavy (non-hydrogen) atoms. The molecule has 3 aromatic carbocycles. The Labute approximate surface area is 202 Å². The quantitative estimate of drug-likeness (QED) is 0.421. The lowest BCUT2D eigenvalue weighted by Gasteiger charge is -2.43. The molecule has 0 saturated heterocycles. The van der Waals surface area contributed by atoms with Crippen molar-refractivity contribution in [2.24, 2.45) is 0 Å². The Morgan fingerprint density at radius 2 is 1.53 bits per heavy atom. The number of benzene rings is 3. The van der Waals surface area contributed by atoms with Crippen molar-refractivity contribution in [1.29, 1.82) is 0 Å². The zero-order valence-corrected chi connectivity index (χ0v) is 20.7. The molecule has 0 aliphatic heterocycles. The molecule has 0 saturated carbocycles. The topological polar surface area (TPSA) is 57.5 Å². The Bertz CT molecular complexity index is 1230. The van der Waals surface area contributed by atoms with E-state index in [4.69, 9.17) is 5.11 Å². The Balaban J connectivity index is 1.79. The van der Waals surface area contributed by atoms with Gasteiger partial charge in [0, 0.05) is 0 Å².